The monoisotopic (exact) mass is 329 g/mol. The van der Waals surface area contributed by atoms with Crippen LogP contribution >= 0.6 is 11.6 Å². The Kier molecular flexibility index (Phi) is 5.27. The van der Waals surface area contributed by atoms with Gasteiger partial charge in [0, 0.05) is 23.7 Å². The largest absolute Gasteiger partial charge is 0.352 e. The summed E-state index contributed by atoms with van der Waals surface area (Å²) >= 11 is 6.27. The maximum atomic E-state index is 12.1. The number of nitrogens with one attached hydrogen (secondary N) is 1. The Labute approximate surface area is 130 Å². The van der Waals surface area contributed by atoms with Crippen molar-refractivity contribution < 1.29 is 13.2 Å². The first-order valence-corrected chi connectivity index (χ1v) is 9.43. The molecule has 0 aliphatic heterocycles. The average molecular weight is 330 g/mol. The molecule has 0 spiro atoms. The summed E-state index contributed by atoms with van der Waals surface area (Å²) in [5.41, 5.74) is 0.462. The first-order chi connectivity index (χ1) is 9.88. The van der Waals surface area contributed by atoms with Crippen LogP contribution < -0.4 is 5.32 Å². The van der Waals surface area contributed by atoms with Gasteiger partial charge in [0.2, 0.25) is 0 Å². The van der Waals surface area contributed by atoms with E-state index in [1.165, 1.54) is 24.3 Å². The van der Waals surface area contributed by atoms with Crippen LogP contribution in [0.5, 0.6) is 0 Å². The molecule has 1 N–H and O–H groups in total. The van der Waals surface area contributed by atoms with Crippen LogP contribution in [0, 0.1) is 5.92 Å². The van der Waals surface area contributed by atoms with E-state index in [0.717, 1.165) is 31.9 Å². The van der Waals surface area contributed by atoms with E-state index >= 15 is 0 Å². The molecule has 1 aromatic rings. The molecule has 1 amide bonds. The first-order valence-electron chi connectivity index (χ1n) is 7.10. The molecule has 0 aromatic heterocycles. The van der Waals surface area contributed by atoms with Crippen molar-refractivity contribution in [2.75, 3.05) is 12.8 Å². The van der Waals surface area contributed by atoms with Gasteiger partial charge in [-0.05, 0) is 43.0 Å². The number of hydrogen-bond donors (Lipinski definition) is 1. The molecule has 21 heavy (non-hydrogen) atoms. The Morgan fingerprint density at radius 1 is 1.24 bits per heavy atom. The fraction of sp³-hybridized carbons (Fsp3) is 0.533. The molecular formula is C15H20ClNO3S. The Morgan fingerprint density at radius 3 is 2.43 bits per heavy atom. The van der Waals surface area contributed by atoms with Gasteiger partial charge >= 0.3 is 0 Å². The van der Waals surface area contributed by atoms with E-state index in [4.69, 9.17) is 11.6 Å². The summed E-state index contributed by atoms with van der Waals surface area (Å²) < 4.78 is 22.7. The standard InChI is InChI=1S/C15H20ClNO3S/c1-21(19,20)13-8-6-11(7-9-13)15(18)17-10-12-4-2-3-5-14(12)16/h6-9,12,14H,2-5,10H2,1H3,(H,17,18). The number of benzene rings is 1. The summed E-state index contributed by atoms with van der Waals surface area (Å²) in [6.45, 7) is 0.570. The van der Waals surface area contributed by atoms with Crippen LogP contribution in [0.3, 0.4) is 0 Å². The van der Waals surface area contributed by atoms with Crippen LogP contribution in [0.2, 0.25) is 0 Å². The van der Waals surface area contributed by atoms with E-state index in [0.29, 0.717) is 18.0 Å². The number of halogens is 1. The summed E-state index contributed by atoms with van der Waals surface area (Å²) in [5, 5.41) is 3.02. The second-order valence-electron chi connectivity index (χ2n) is 5.57. The van der Waals surface area contributed by atoms with Crippen LogP contribution in [0.1, 0.15) is 36.0 Å². The minimum Gasteiger partial charge on any atom is -0.352 e. The van der Waals surface area contributed by atoms with Gasteiger partial charge in [0.05, 0.1) is 4.90 Å². The average Bonchev–Trinajstić information content (AvgIpc) is 2.45. The van der Waals surface area contributed by atoms with E-state index in [1.54, 1.807) is 0 Å². The lowest BCUT2D eigenvalue weighted by molar-refractivity contribution is 0.0944. The number of amides is 1. The molecule has 1 aliphatic rings. The second kappa shape index (κ2) is 6.79. The maximum Gasteiger partial charge on any atom is 0.251 e. The van der Waals surface area contributed by atoms with E-state index in [1.807, 2.05) is 0 Å². The van der Waals surface area contributed by atoms with Gasteiger partial charge < -0.3 is 5.32 Å². The quantitative estimate of drug-likeness (QED) is 0.864. The van der Waals surface area contributed by atoms with Crippen LogP contribution in [-0.4, -0.2) is 32.5 Å². The third-order valence-corrected chi connectivity index (χ3v) is 5.59. The van der Waals surface area contributed by atoms with Crippen molar-refractivity contribution in [2.45, 2.75) is 36.0 Å². The summed E-state index contributed by atoms with van der Waals surface area (Å²) in [6.07, 6.45) is 5.51. The van der Waals surface area contributed by atoms with Crippen molar-refractivity contribution in [1.29, 1.82) is 0 Å². The van der Waals surface area contributed by atoms with Crippen molar-refractivity contribution in [3.05, 3.63) is 29.8 Å². The highest BCUT2D eigenvalue weighted by molar-refractivity contribution is 7.90. The van der Waals surface area contributed by atoms with Gasteiger partial charge in [-0.15, -0.1) is 11.6 Å². The predicted molar refractivity (Wildman–Crippen MR) is 83.5 cm³/mol. The topological polar surface area (TPSA) is 63.2 Å². The molecule has 1 fully saturated rings. The molecular weight excluding hydrogens is 310 g/mol. The Balaban J connectivity index is 1.94. The lowest BCUT2D eigenvalue weighted by Crippen LogP contribution is -2.34. The summed E-state index contributed by atoms with van der Waals surface area (Å²) in [5.74, 6) is 0.129. The van der Waals surface area contributed by atoms with E-state index in [-0.39, 0.29) is 16.2 Å². The maximum absolute atomic E-state index is 12.1. The highest BCUT2D eigenvalue weighted by Crippen LogP contribution is 2.28. The van der Waals surface area contributed by atoms with Crippen LogP contribution in [-0.2, 0) is 9.84 Å². The summed E-state index contributed by atoms with van der Waals surface area (Å²) in [6, 6.07) is 5.97. The molecule has 0 bridgehead atoms. The minimum absolute atomic E-state index is 0.131. The first kappa shape index (κ1) is 16.3. The zero-order valence-corrected chi connectivity index (χ0v) is 13.6. The van der Waals surface area contributed by atoms with Crippen molar-refractivity contribution in [2.24, 2.45) is 5.92 Å². The molecule has 2 rings (SSSR count). The molecule has 2 unspecified atom stereocenters. The third kappa shape index (κ3) is 4.45. The number of rotatable bonds is 4. The lowest BCUT2D eigenvalue weighted by atomic mass is 9.88. The lowest BCUT2D eigenvalue weighted by Gasteiger charge is -2.27. The number of carbonyl (C=O) groups is 1. The summed E-state index contributed by atoms with van der Waals surface area (Å²) in [7, 11) is -3.23. The molecule has 116 valence electrons. The van der Waals surface area contributed by atoms with Crippen molar-refractivity contribution >= 4 is 27.3 Å². The number of alkyl halides is 1. The fourth-order valence-electron chi connectivity index (χ4n) is 2.57. The summed E-state index contributed by atoms with van der Waals surface area (Å²) in [4.78, 5) is 12.3. The third-order valence-electron chi connectivity index (χ3n) is 3.89. The molecule has 4 nitrogen and oxygen atoms in total. The van der Waals surface area contributed by atoms with Gasteiger partial charge in [-0.1, -0.05) is 12.8 Å². The molecule has 0 heterocycles. The van der Waals surface area contributed by atoms with E-state index < -0.39 is 9.84 Å². The second-order valence-corrected chi connectivity index (χ2v) is 8.14. The minimum atomic E-state index is -3.23. The highest BCUT2D eigenvalue weighted by Gasteiger charge is 2.23. The smallest absolute Gasteiger partial charge is 0.251 e. The molecule has 1 aliphatic carbocycles. The molecule has 0 radical (unpaired) electrons. The van der Waals surface area contributed by atoms with Crippen LogP contribution in [0.15, 0.2) is 29.2 Å². The number of hydrogen-bond acceptors (Lipinski definition) is 3. The molecule has 1 aromatic carbocycles. The molecule has 0 saturated heterocycles. The van der Waals surface area contributed by atoms with Gasteiger partial charge in [-0.2, -0.15) is 0 Å². The van der Waals surface area contributed by atoms with Crippen molar-refractivity contribution in [1.82, 2.24) is 5.32 Å². The van der Waals surface area contributed by atoms with Gasteiger partial charge in [-0.3, -0.25) is 4.79 Å². The highest BCUT2D eigenvalue weighted by atomic mass is 35.5. The normalized spacial score (nSPS) is 22.8. The van der Waals surface area contributed by atoms with Crippen molar-refractivity contribution in [3.63, 3.8) is 0 Å². The van der Waals surface area contributed by atoms with Gasteiger partial charge in [0.1, 0.15) is 0 Å². The van der Waals surface area contributed by atoms with Gasteiger partial charge in [0.15, 0.2) is 9.84 Å². The van der Waals surface area contributed by atoms with Gasteiger partial charge in [0.25, 0.3) is 5.91 Å². The van der Waals surface area contributed by atoms with Crippen LogP contribution in [0.4, 0.5) is 0 Å². The molecule has 2 atom stereocenters. The van der Waals surface area contributed by atoms with Gasteiger partial charge in [-0.25, -0.2) is 8.42 Å². The van der Waals surface area contributed by atoms with E-state index in [9.17, 15) is 13.2 Å². The Morgan fingerprint density at radius 2 is 1.86 bits per heavy atom. The number of carbonyl (C=O) groups excluding carboxylic acids is 1. The Hall–Kier alpha value is -1.07. The predicted octanol–water partition coefficient (Wildman–Crippen LogP) is 2.62. The zero-order valence-electron chi connectivity index (χ0n) is 12.0. The van der Waals surface area contributed by atoms with E-state index in [2.05, 4.69) is 5.32 Å². The molecule has 1 saturated carbocycles. The van der Waals surface area contributed by atoms with Crippen LogP contribution in [0.25, 0.3) is 0 Å². The fourth-order valence-corrected chi connectivity index (χ4v) is 3.57. The number of sulfone groups is 1. The SMILES string of the molecule is CS(=O)(=O)c1ccc(C(=O)NCC2CCCCC2Cl)cc1. The molecule has 6 heteroatoms. The zero-order chi connectivity index (χ0) is 15.5. The van der Waals surface area contributed by atoms with Crippen molar-refractivity contribution in [3.8, 4) is 0 Å². The Bertz CT molecular complexity index is 598.